The molecule has 0 radical (unpaired) electrons. The molecule has 3 amide bonds. The minimum absolute atomic E-state index is 0.184. The summed E-state index contributed by atoms with van der Waals surface area (Å²) in [5.41, 5.74) is 4.68. The first-order chi connectivity index (χ1) is 4.59. The molecule has 0 saturated carbocycles. The Hall–Kier alpha value is -0.910. The second-order valence-corrected chi connectivity index (χ2v) is 1.75. The summed E-state index contributed by atoms with van der Waals surface area (Å²) in [6.07, 6.45) is -0.863. The molecule has 2 N–H and O–H groups in total. The highest BCUT2D eigenvalue weighted by atomic mass is 32.1. The van der Waals surface area contributed by atoms with Gasteiger partial charge in [0.25, 0.3) is 0 Å². The SMILES string of the molecule is CCOC(=O)N(S)C(N)=O. The summed E-state index contributed by atoms with van der Waals surface area (Å²) in [6.45, 7) is 1.80. The standard InChI is InChI=1S/C4H8N2O3S/c1-2-9-4(8)6(10)3(5)7/h10H,2H2,1H3,(H2,5,7). The number of amides is 3. The number of primary amides is 1. The molecule has 0 aliphatic heterocycles. The van der Waals surface area contributed by atoms with Gasteiger partial charge in [-0.05, 0) is 6.92 Å². The highest BCUT2D eigenvalue weighted by molar-refractivity contribution is 7.79. The number of urea groups is 1. The van der Waals surface area contributed by atoms with Crippen LogP contribution >= 0.6 is 12.8 Å². The number of rotatable bonds is 1. The summed E-state index contributed by atoms with van der Waals surface area (Å²) in [5.74, 6) is 0. The number of ether oxygens (including phenoxy) is 1. The smallest absolute Gasteiger partial charge is 0.428 e. The molecule has 0 spiro atoms. The molecule has 0 unspecified atom stereocenters. The van der Waals surface area contributed by atoms with Gasteiger partial charge in [0.2, 0.25) is 0 Å². The maximum absolute atomic E-state index is 10.5. The van der Waals surface area contributed by atoms with Crippen molar-refractivity contribution in [1.29, 1.82) is 0 Å². The summed E-state index contributed by atoms with van der Waals surface area (Å²) in [5, 5.41) is 0. The van der Waals surface area contributed by atoms with Gasteiger partial charge in [-0.2, -0.15) is 4.31 Å². The second kappa shape index (κ2) is 3.99. The third-order valence-corrected chi connectivity index (χ3v) is 1.01. The highest BCUT2D eigenvalue weighted by Gasteiger charge is 2.14. The van der Waals surface area contributed by atoms with Crippen molar-refractivity contribution < 1.29 is 14.3 Å². The molecule has 0 fully saturated rings. The van der Waals surface area contributed by atoms with Crippen LogP contribution < -0.4 is 5.73 Å². The number of nitrogens with two attached hydrogens (primary N) is 1. The van der Waals surface area contributed by atoms with E-state index in [1.807, 2.05) is 0 Å². The van der Waals surface area contributed by atoms with Crippen molar-refractivity contribution in [3.8, 4) is 0 Å². The molecule has 58 valence electrons. The number of nitrogens with zero attached hydrogens (tertiary/aromatic N) is 1. The molecule has 0 saturated heterocycles. The van der Waals surface area contributed by atoms with E-state index in [1.54, 1.807) is 6.92 Å². The molecular weight excluding hydrogens is 156 g/mol. The predicted octanol–water partition coefficient (Wildman–Crippen LogP) is 0.368. The van der Waals surface area contributed by atoms with Gasteiger partial charge >= 0.3 is 12.1 Å². The molecule has 0 heterocycles. The van der Waals surface area contributed by atoms with Crippen molar-refractivity contribution in [3.63, 3.8) is 0 Å². The van der Waals surface area contributed by atoms with Gasteiger partial charge in [0.15, 0.2) is 0 Å². The molecule has 0 aromatic rings. The van der Waals surface area contributed by atoms with Crippen LogP contribution in [0, 0.1) is 0 Å². The van der Waals surface area contributed by atoms with Gasteiger partial charge in [-0.15, -0.1) is 0 Å². The zero-order valence-corrected chi connectivity index (χ0v) is 6.30. The third-order valence-electron chi connectivity index (χ3n) is 0.650. The largest absolute Gasteiger partial charge is 0.449 e. The van der Waals surface area contributed by atoms with E-state index in [1.165, 1.54) is 0 Å². The Balaban J connectivity index is 3.82. The van der Waals surface area contributed by atoms with Crippen LogP contribution in [0.5, 0.6) is 0 Å². The number of thiol groups is 1. The zero-order chi connectivity index (χ0) is 8.15. The molecule has 0 atom stereocenters. The van der Waals surface area contributed by atoms with Crippen molar-refractivity contribution in [2.45, 2.75) is 6.92 Å². The van der Waals surface area contributed by atoms with Crippen molar-refractivity contribution in [1.82, 2.24) is 4.31 Å². The summed E-state index contributed by atoms with van der Waals surface area (Å²) >= 11 is 3.44. The fraction of sp³-hybridized carbons (Fsp3) is 0.500. The lowest BCUT2D eigenvalue weighted by molar-refractivity contribution is 0.138. The van der Waals surface area contributed by atoms with E-state index in [0.717, 1.165) is 0 Å². The Morgan fingerprint density at radius 1 is 1.70 bits per heavy atom. The zero-order valence-electron chi connectivity index (χ0n) is 5.40. The molecule has 10 heavy (non-hydrogen) atoms. The molecule has 6 heteroatoms. The molecular formula is C4H8N2O3S. The van der Waals surface area contributed by atoms with E-state index in [9.17, 15) is 9.59 Å². The van der Waals surface area contributed by atoms with Gasteiger partial charge in [-0.25, -0.2) is 9.59 Å². The van der Waals surface area contributed by atoms with Crippen molar-refractivity contribution >= 4 is 24.9 Å². The first kappa shape index (κ1) is 9.09. The van der Waals surface area contributed by atoms with Gasteiger partial charge in [0.05, 0.1) is 6.61 Å². The minimum Gasteiger partial charge on any atom is -0.449 e. The molecule has 0 aromatic heterocycles. The van der Waals surface area contributed by atoms with Crippen LogP contribution in [0.25, 0.3) is 0 Å². The first-order valence-corrected chi connectivity index (χ1v) is 2.94. The minimum atomic E-state index is -0.957. The number of carbonyl (C=O) groups is 2. The van der Waals surface area contributed by atoms with Gasteiger partial charge in [-0.3, -0.25) is 0 Å². The average Bonchev–Trinajstić information content (AvgIpc) is 1.87. The maximum atomic E-state index is 10.5. The normalized spacial score (nSPS) is 8.60. The van der Waals surface area contributed by atoms with Crippen molar-refractivity contribution in [2.75, 3.05) is 6.61 Å². The number of carbonyl (C=O) groups excluding carboxylic acids is 2. The molecule has 0 aliphatic carbocycles. The Bertz CT molecular complexity index is 149. The third kappa shape index (κ3) is 2.58. The highest BCUT2D eigenvalue weighted by Crippen LogP contribution is 1.95. The van der Waals surface area contributed by atoms with Crippen molar-refractivity contribution in [2.24, 2.45) is 5.73 Å². The predicted molar refractivity (Wildman–Crippen MR) is 37.4 cm³/mol. The first-order valence-electron chi connectivity index (χ1n) is 2.54. The molecule has 0 aliphatic rings. The Kier molecular flexibility index (Phi) is 3.63. The van der Waals surface area contributed by atoms with Crippen LogP contribution in [0.1, 0.15) is 6.92 Å². The fourth-order valence-electron chi connectivity index (χ4n) is 0.275. The van der Waals surface area contributed by atoms with Crippen molar-refractivity contribution in [3.05, 3.63) is 0 Å². The topological polar surface area (TPSA) is 72.6 Å². The number of imide groups is 1. The number of hydrogen-bond donors (Lipinski definition) is 2. The average molecular weight is 164 g/mol. The van der Waals surface area contributed by atoms with Gasteiger partial charge in [0.1, 0.15) is 0 Å². The van der Waals surface area contributed by atoms with Crippen LogP contribution in [0.2, 0.25) is 0 Å². The van der Waals surface area contributed by atoms with Gasteiger partial charge in [-0.1, -0.05) is 12.8 Å². The maximum Gasteiger partial charge on any atom is 0.428 e. The Morgan fingerprint density at radius 3 is 2.50 bits per heavy atom. The van der Waals surface area contributed by atoms with E-state index in [2.05, 4.69) is 23.3 Å². The van der Waals surface area contributed by atoms with Crippen LogP contribution in [-0.2, 0) is 4.74 Å². The molecule has 0 bridgehead atoms. The Labute approximate surface area is 63.7 Å². The quantitative estimate of drug-likeness (QED) is 0.550. The number of hydrogen-bond acceptors (Lipinski definition) is 4. The summed E-state index contributed by atoms with van der Waals surface area (Å²) in [4.78, 5) is 20.7. The summed E-state index contributed by atoms with van der Waals surface area (Å²) in [6, 6.07) is -0.957. The van der Waals surface area contributed by atoms with E-state index in [-0.39, 0.29) is 6.61 Å². The van der Waals surface area contributed by atoms with Gasteiger partial charge in [0, 0.05) is 0 Å². The second-order valence-electron chi connectivity index (χ2n) is 1.35. The van der Waals surface area contributed by atoms with E-state index < -0.39 is 12.1 Å². The summed E-state index contributed by atoms with van der Waals surface area (Å²) < 4.78 is 4.77. The van der Waals surface area contributed by atoms with E-state index in [4.69, 9.17) is 0 Å². The lowest BCUT2D eigenvalue weighted by Crippen LogP contribution is -2.33. The van der Waals surface area contributed by atoms with Crippen LogP contribution in [0.15, 0.2) is 0 Å². The molecule has 0 rings (SSSR count). The van der Waals surface area contributed by atoms with Crippen LogP contribution in [-0.4, -0.2) is 23.0 Å². The lowest BCUT2D eigenvalue weighted by atomic mass is 10.8. The monoisotopic (exact) mass is 164 g/mol. The summed E-state index contributed by atoms with van der Waals surface area (Å²) in [7, 11) is 0. The molecule has 5 nitrogen and oxygen atoms in total. The lowest BCUT2D eigenvalue weighted by Gasteiger charge is -2.08. The van der Waals surface area contributed by atoms with Crippen LogP contribution in [0.4, 0.5) is 9.59 Å². The van der Waals surface area contributed by atoms with E-state index >= 15 is 0 Å². The Morgan fingerprint density at radius 2 is 2.20 bits per heavy atom. The van der Waals surface area contributed by atoms with E-state index in [0.29, 0.717) is 4.31 Å². The van der Waals surface area contributed by atoms with Crippen LogP contribution in [0.3, 0.4) is 0 Å². The fourth-order valence-corrected chi connectivity index (χ4v) is 0.332. The molecule has 0 aromatic carbocycles. The van der Waals surface area contributed by atoms with Gasteiger partial charge < -0.3 is 10.5 Å².